The fourth-order valence-electron chi connectivity index (χ4n) is 2.18. The molecule has 124 valence electrons. The second-order valence-electron chi connectivity index (χ2n) is 6.51. The van der Waals surface area contributed by atoms with E-state index in [4.69, 9.17) is 0 Å². The molecule has 0 bridgehead atoms. The molecule has 0 spiro atoms. The smallest absolute Gasteiger partial charge is 0.127 e. The van der Waals surface area contributed by atoms with E-state index in [-0.39, 0.29) is 10.00 Å². The van der Waals surface area contributed by atoms with Gasteiger partial charge >= 0.3 is 0 Å². The maximum absolute atomic E-state index is 12.5. The van der Waals surface area contributed by atoms with Crippen molar-refractivity contribution in [2.45, 2.75) is 54.0 Å². The number of hydrogen-bond acceptors (Lipinski definition) is 3. The molecule has 3 nitrogen and oxygen atoms in total. The Morgan fingerprint density at radius 2 is 1.70 bits per heavy atom. The molecule has 0 radical (unpaired) electrons. The van der Waals surface area contributed by atoms with Crippen molar-refractivity contribution in [2.75, 3.05) is 0 Å². The summed E-state index contributed by atoms with van der Waals surface area (Å²) in [6.07, 6.45) is 2.36. The average Bonchev–Trinajstić information content (AvgIpc) is 2.54. The Morgan fingerprint density at radius 1 is 1.04 bits per heavy atom. The molecule has 3 unspecified atom stereocenters. The third kappa shape index (κ3) is 4.82. The van der Waals surface area contributed by atoms with Crippen LogP contribution in [-0.4, -0.2) is 23.4 Å². The SMILES string of the molecule is CC(Cc1ccc(S(=O)C(C)(C)C)cc1)S(=O)c1ccccn1. The van der Waals surface area contributed by atoms with Gasteiger partial charge in [0, 0.05) is 21.1 Å². The third-order valence-electron chi connectivity index (χ3n) is 3.43. The van der Waals surface area contributed by atoms with E-state index >= 15 is 0 Å². The molecule has 1 heterocycles. The van der Waals surface area contributed by atoms with Crippen LogP contribution in [-0.2, 0) is 28.0 Å². The van der Waals surface area contributed by atoms with Crippen LogP contribution in [0.4, 0.5) is 0 Å². The molecule has 0 fully saturated rings. The molecule has 2 rings (SSSR count). The zero-order valence-electron chi connectivity index (χ0n) is 14.0. The highest BCUT2D eigenvalue weighted by molar-refractivity contribution is 7.86. The van der Waals surface area contributed by atoms with Gasteiger partial charge in [0.2, 0.25) is 0 Å². The van der Waals surface area contributed by atoms with Crippen LogP contribution >= 0.6 is 0 Å². The van der Waals surface area contributed by atoms with Crippen molar-refractivity contribution in [2.24, 2.45) is 0 Å². The van der Waals surface area contributed by atoms with Crippen molar-refractivity contribution in [1.82, 2.24) is 4.98 Å². The number of nitrogens with zero attached hydrogens (tertiary/aromatic N) is 1. The predicted octanol–water partition coefficient (Wildman–Crippen LogP) is 3.73. The first-order valence-electron chi connectivity index (χ1n) is 7.61. The largest absolute Gasteiger partial charge is 0.254 e. The molecule has 0 aliphatic carbocycles. The maximum atomic E-state index is 12.5. The van der Waals surface area contributed by atoms with Crippen LogP contribution in [0, 0.1) is 0 Å². The summed E-state index contributed by atoms with van der Waals surface area (Å²) < 4.78 is 24.5. The minimum absolute atomic E-state index is 0.0242. The lowest BCUT2D eigenvalue weighted by atomic mass is 10.1. The summed E-state index contributed by atoms with van der Waals surface area (Å²) in [6, 6.07) is 13.2. The van der Waals surface area contributed by atoms with Crippen molar-refractivity contribution in [1.29, 1.82) is 0 Å². The lowest BCUT2D eigenvalue weighted by molar-refractivity contribution is 0.649. The zero-order valence-corrected chi connectivity index (χ0v) is 15.6. The summed E-state index contributed by atoms with van der Waals surface area (Å²) in [6.45, 7) is 7.87. The Balaban J connectivity index is 2.06. The van der Waals surface area contributed by atoms with Gasteiger partial charge in [-0.25, -0.2) is 4.98 Å². The molecule has 5 heteroatoms. The van der Waals surface area contributed by atoms with E-state index in [1.807, 2.05) is 64.1 Å². The minimum atomic E-state index is -1.13. The summed E-state index contributed by atoms with van der Waals surface area (Å²) in [4.78, 5) is 5.00. The molecule has 3 atom stereocenters. The van der Waals surface area contributed by atoms with Crippen LogP contribution < -0.4 is 0 Å². The second-order valence-corrected chi connectivity index (χ2v) is 10.6. The minimum Gasteiger partial charge on any atom is -0.254 e. The van der Waals surface area contributed by atoms with E-state index in [1.165, 1.54) is 0 Å². The van der Waals surface area contributed by atoms with Gasteiger partial charge in [0.25, 0.3) is 0 Å². The van der Waals surface area contributed by atoms with Gasteiger partial charge in [0.15, 0.2) is 0 Å². The van der Waals surface area contributed by atoms with Gasteiger partial charge in [0.1, 0.15) is 5.03 Å². The van der Waals surface area contributed by atoms with Gasteiger partial charge in [0.05, 0.1) is 21.6 Å². The van der Waals surface area contributed by atoms with Crippen LogP contribution in [0.1, 0.15) is 33.3 Å². The van der Waals surface area contributed by atoms with Crippen LogP contribution in [0.25, 0.3) is 0 Å². The summed E-state index contributed by atoms with van der Waals surface area (Å²) in [5, 5.41) is 0.592. The molecular weight excluding hydrogens is 326 g/mol. The molecule has 23 heavy (non-hydrogen) atoms. The summed E-state index contributed by atoms with van der Waals surface area (Å²) in [7, 11) is -2.16. The Labute approximate surface area is 143 Å². The first kappa shape index (κ1) is 18.0. The molecule has 0 aliphatic heterocycles. The first-order valence-corrected chi connectivity index (χ1v) is 9.98. The standard InChI is InChI=1S/C18H23NO2S2/c1-14(22(20)17-7-5-6-12-19-17)13-15-8-10-16(11-9-15)23(21)18(2,3)4/h5-12,14H,13H2,1-4H3. The fraction of sp³-hybridized carbons (Fsp3) is 0.389. The maximum Gasteiger partial charge on any atom is 0.127 e. The van der Waals surface area contributed by atoms with Gasteiger partial charge in [-0.2, -0.15) is 0 Å². The normalized spacial score (nSPS) is 15.8. The lowest BCUT2D eigenvalue weighted by Crippen LogP contribution is -2.21. The van der Waals surface area contributed by atoms with Crippen molar-refractivity contribution < 1.29 is 8.42 Å². The fourth-order valence-corrected chi connectivity index (χ4v) is 4.41. The van der Waals surface area contributed by atoms with Gasteiger partial charge in [-0.15, -0.1) is 0 Å². The number of hydrogen-bond donors (Lipinski definition) is 0. The topological polar surface area (TPSA) is 47.0 Å². The Kier molecular flexibility index (Phi) is 5.87. The van der Waals surface area contributed by atoms with E-state index in [1.54, 1.807) is 12.3 Å². The number of benzene rings is 1. The molecule has 1 aromatic carbocycles. The van der Waals surface area contributed by atoms with Crippen molar-refractivity contribution in [3.8, 4) is 0 Å². The van der Waals surface area contributed by atoms with E-state index in [9.17, 15) is 8.42 Å². The quantitative estimate of drug-likeness (QED) is 0.826. The van der Waals surface area contributed by atoms with E-state index < -0.39 is 21.6 Å². The number of aromatic nitrogens is 1. The predicted molar refractivity (Wildman–Crippen MR) is 96.4 cm³/mol. The highest BCUT2D eigenvalue weighted by atomic mass is 32.2. The van der Waals surface area contributed by atoms with Crippen LogP contribution in [0.2, 0.25) is 0 Å². The van der Waals surface area contributed by atoms with Crippen molar-refractivity contribution in [3.05, 3.63) is 54.2 Å². The van der Waals surface area contributed by atoms with Gasteiger partial charge < -0.3 is 0 Å². The van der Waals surface area contributed by atoms with Gasteiger partial charge in [-0.1, -0.05) is 25.1 Å². The highest BCUT2D eigenvalue weighted by Crippen LogP contribution is 2.21. The highest BCUT2D eigenvalue weighted by Gasteiger charge is 2.21. The van der Waals surface area contributed by atoms with E-state index in [0.717, 1.165) is 10.5 Å². The molecule has 0 N–H and O–H groups in total. The molecule has 1 aromatic heterocycles. The third-order valence-corrected chi connectivity index (χ3v) is 6.79. The summed E-state index contributed by atoms with van der Waals surface area (Å²) >= 11 is 0. The van der Waals surface area contributed by atoms with Gasteiger partial charge in [-0.05, 0) is 57.0 Å². The molecule has 0 amide bonds. The van der Waals surface area contributed by atoms with Crippen LogP contribution in [0.3, 0.4) is 0 Å². The van der Waals surface area contributed by atoms with E-state index in [0.29, 0.717) is 11.4 Å². The van der Waals surface area contributed by atoms with Crippen LogP contribution in [0.15, 0.2) is 58.6 Å². The monoisotopic (exact) mass is 349 g/mol. The summed E-state index contributed by atoms with van der Waals surface area (Å²) in [5.74, 6) is 0. The van der Waals surface area contributed by atoms with E-state index in [2.05, 4.69) is 4.98 Å². The number of pyridine rings is 1. The van der Waals surface area contributed by atoms with Crippen molar-refractivity contribution in [3.63, 3.8) is 0 Å². The molecule has 0 saturated carbocycles. The van der Waals surface area contributed by atoms with Crippen molar-refractivity contribution >= 4 is 21.6 Å². The average molecular weight is 350 g/mol. The molecule has 2 aromatic rings. The Bertz CT molecular complexity index is 691. The zero-order chi connectivity index (χ0) is 17.0. The van der Waals surface area contributed by atoms with Crippen LogP contribution in [0.5, 0.6) is 0 Å². The first-order chi connectivity index (χ1) is 10.8. The summed E-state index contributed by atoms with van der Waals surface area (Å²) in [5.41, 5.74) is 1.09. The Hall–Kier alpha value is -1.33. The van der Waals surface area contributed by atoms with Gasteiger partial charge in [-0.3, -0.25) is 8.42 Å². The Morgan fingerprint density at radius 3 is 2.22 bits per heavy atom. The lowest BCUT2D eigenvalue weighted by Gasteiger charge is -2.18. The molecular formula is C18H23NO2S2. The number of rotatable bonds is 5. The molecule has 0 saturated heterocycles. The molecule has 0 aliphatic rings. The second kappa shape index (κ2) is 7.49.